The van der Waals surface area contributed by atoms with Crippen LogP contribution in [0.4, 0.5) is 0 Å². The molecule has 0 heterocycles. The van der Waals surface area contributed by atoms with Crippen LogP contribution in [0.3, 0.4) is 0 Å². The van der Waals surface area contributed by atoms with Crippen molar-refractivity contribution in [3.63, 3.8) is 0 Å². The third-order valence-electron chi connectivity index (χ3n) is 3.85. The Morgan fingerprint density at radius 1 is 1.39 bits per heavy atom. The monoisotopic (exact) mass is 255 g/mol. The Morgan fingerprint density at radius 3 is 2.56 bits per heavy atom. The molecule has 2 N–H and O–H groups in total. The average Bonchev–Trinajstić information content (AvgIpc) is 2.28. The summed E-state index contributed by atoms with van der Waals surface area (Å²) in [5.74, 6) is 0.459. The van der Waals surface area contributed by atoms with Crippen molar-refractivity contribution in [3.05, 3.63) is 0 Å². The van der Waals surface area contributed by atoms with Crippen LogP contribution >= 0.6 is 0 Å². The predicted octanol–water partition coefficient (Wildman–Crippen LogP) is 1.30. The fraction of sp³-hybridized carbons (Fsp3) is 0.929. The minimum atomic E-state index is 0.151. The van der Waals surface area contributed by atoms with Gasteiger partial charge in [-0.25, -0.2) is 0 Å². The maximum absolute atomic E-state index is 12.5. The first kappa shape index (κ1) is 15.4. The number of nitrogens with zero attached hydrogens (tertiary/aromatic N) is 2. The molecule has 0 saturated heterocycles. The van der Waals surface area contributed by atoms with E-state index in [0.717, 1.165) is 38.8 Å². The van der Waals surface area contributed by atoms with Crippen LogP contribution in [0, 0.1) is 5.92 Å². The van der Waals surface area contributed by atoms with Crippen LogP contribution in [-0.2, 0) is 4.79 Å². The number of rotatable bonds is 5. The van der Waals surface area contributed by atoms with Gasteiger partial charge in [0.2, 0.25) is 5.91 Å². The van der Waals surface area contributed by atoms with E-state index in [1.807, 2.05) is 19.0 Å². The summed E-state index contributed by atoms with van der Waals surface area (Å²) in [5.41, 5.74) is 5.98. The molecule has 0 radical (unpaired) electrons. The van der Waals surface area contributed by atoms with Gasteiger partial charge in [-0.15, -0.1) is 0 Å². The number of hydrogen-bond donors (Lipinski definition) is 1. The summed E-state index contributed by atoms with van der Waals surface area (Å²) in [6.45, 7) is 5.90. The molecule has 1 saturated carbocycles. The van der Waals surface area contributed by atoms with E-state index in [-0.39, 0.29) is 18.0 Å². The standard InChI is InChI=1S/C14H29N3O/c1-5-17(11(2)10-16(3)4)14(18)12-7-6-8-13(15)9-12/h11-13H,5-10,15H2,1-4H3. The van der Waals surface area contributed by atoms with Crippen molar-refractivity contribution in [1.82, 2.24) is 9.80 Å². The molecule has 0 aliphatic heterocycles. The van der Waals surface area contributed by atoms with Crippen LogP contribution in [0.1, 0.15) is 39.5 Å². The largest absolute Gasteiger partial charge is 0.339 e. The molecule has 1 fully saturated rings. The number of carbonyl (C=O) groups is 1. The number of amides is 1. The van der Waals surface area contributed by atoms with Gasteiger partial charge in [0.15, 0.2) is 0 Å². The molecule has 4 heteroatoms. The minimum absolute atomic E-state index is 0.151. The molecule has 0 bridgehead atoms. The van der Waals surface area contributed by atoms with Crippen molar-refractivity contribution < 1.29 is 4.79 Å². The summed E-state index contributed by atoms with van der Waals surface area (Å²) < 4.78 is 0. The number of likely N-dealkylation sites (N-methyl/N-ethyl adjacent to an activating group) is 2. The summed E-state index contributed by atoms with van der Waals surface area (Å²) in [5, 5.41) is 0. The second kappa shape index (κ2) is 7.10. The topological polar surface area (TPSA) is 49.6 Å². The highest BCUT2D eigenvalue weighted by atomic mass is 16.2. The fourth-order valence-electron chi connectivity index (χ4n) is 3.00. The fourth-order valence-corrected chi connectivity index (χ4v) is 3.00. The van der Waals surface area contributed by atoms with Gasteiger partial charge in [0, 0.05) is 31.1 Å². The predicted molar refractivity (Wildman–Crippen MR) is 75.3 cm³/mol. The highest BCUT2D eigenvalue weighted by Crippen LogP contribution is 2.25. The molecule has 1 aliphatic rings. The van der Waals surface area contributed by atoms with Crippen molar-refractivity contribution in [2.24, 2.45) is 11.7 Å². The third-order valence-corrected chi connectivity index (χ3v) is 3.85. The van der Waals surface area contributed by atoms with Gasteiger partial charge in [-0.2, -0.15) is 0 Å². The van der Waals surface area contributed by atoms with Crippen LogP contribution in [0.2, 0.25) is 0 Å². The Morgan fingerprint density at radius 2 is 2.06 bits per heavy atom. The lowest BCUT2D eigenvalue weighted by Crippen LogP contribution is -2.47. The molecule has 0 spiro atoms. The van der Waals surface area contributed by atoms with Crippen LogP contribution < -0.4 is 5.73 Å². The molecule has 4 nitrogen and oxygen atoms in total. The molecule has 1 aliphatic carbocycles. The zero-order valence-electron chi connectivity index (χ0n) is 12.4. The molecule has 0 aromatic heterocycles. The first-order valence-electron chi connectivity index (χ1n) is 7.16. The first-order chi connectivity index (χ1) is 8.45. The summed E-state index contributed by atoms with van der Waals surface area (Å²) in [4.78, 5) is 16.7. The van der Waals surface area contributed by atoms with E-state index >= 15 is 0 Å². The van der Waals surface area contributed by atoms with Crippen molar-refractivity contribution in [2.45, 2.75) is 51.6 Å². The maximum atomic E-state index is 12.5. The normalized spacial score (nSPS) is 26.1. The van der Waals surface area contributed by atoms with E-state index in [0.29, 0.717) is 5.91 Å². The van der Waals surface area contributed by atoms with Crippen molar-refractivity contribution in [1.29, 1.82) is 0 Å². The molecule has 106 valence electrons. The molecular formula is C14H29N3O. The number of carbonyl (C=O) groups excluding carboxylic acids is 1. The summed E-state index contributed by atoms with van der Waals surface area (Å²) in [7, 11) is 4.09. The van der Waals surface area contributed by atoms with Gasteiger partial charge in [-0.05, 0) is 47.2 Å². The van der Waals surface area contributed by atoms with Crippen LogP contribution in [0.25, 0.3) is 0 Å². The maximum Gasteiger partial charge on any atom is 0.226 e. The Balaban J connectivity index is 2.60. The van der Waals surface area contributed by atoms with Gasteiger partial charge in [-0.1, -0.05) is 6.42 Å². The summed E-state index contributed by atoms with van der Waals surface area (Å²) >= 11 is 0. The molecule has 3 unspecified atom stereocenters. The first-order valence-corrected chi connectivity index (χ1v) is 7.16. The van der Waals surface area contributed by atoms with Gasteiger partial charge in [-0.3, -0.25) is 4.79 Å². The number of nitrogens with two attached hydrogens (primary N) is 1. The lowest BCUT2D eigenvalue weighted by atomic mass is 9.85. The Kier molecular flexibility index (Phi) is 6.09. The van der Waals surface area contributed by atoms with E-state index in [1.165, 1.54) is 0 Å². The van der Waals surface area contributed by atoms with Crippen LogP contribution in [0.15, 0.2) is 0 Å². The van der Waals surface area contributed by atoms with Crippen molar-refractivity contribution in [3.8, 4) is 0 Å². The molecule has 18 heavy (non-hydrogen) atoms. The van der Waals surface area contributed by atoms with Gasteiger partial charge < -0.3 is 15.5 Å². The van der Waals surface area contributed by atoms with Crippen LogP contribution in [-0.4, -0.2) is 55.0 Å². The SMILES string of the molecule is CCN(C(=O)C1CCCC(N)C1)C(C)CN(C)C. The second-order valence-corrected chi connectivity index (χ2v) is 5.86. The van der Waals surface area contributed by atoms with Crippen molar-refractivity contribution in [2.75, 3.05) is 27.2 Å². The van der Waals surface area contributed by atoms with Gasteiger partial charge in [0.1, 0.15) is 0 Å². The molecule has 3 atom stereocenters. The van der Waals surface area contributed by atoms with Gasteiger partial charge in [0.05, 0.1) is 0 Å². The molecule has 0 aromatic rings. The highest BCUT2D eigenvalue weighted by Gasteiger charge is 2.30. The zero-order chi connectivity index (χ0) is 13.7. The Bertz CT molecular complexity index is 268. The van der Waals surface area contributed by atoms with E-state index in [9.17, 15) is 4.79 Å². The number of hydrogen-bond acceptors (Lipinski definition) is 3. The molecular weight excluding hydrogens is 226 g/mol. The van der Waals surface area contributed by atoms with E-state index in [4.69, 9.17) is 5.73 Å². The molecule has 1 rings (SSSR count). The second-order valence-electron chi connectivity index (χ2n) is 5.86. The van der Waals surface area contributed by atoms with E-state index in [1.54, 1.807) is 0 Å². The lowest BCUT2D eigenvalue weighted by Gasteiger charge is -2.35. The van der Waals surface area contributed by atoms with Crippen molar-refractivity contribution >= 4 is 5.91 Å². The Hall–Kier alpha value is -0.610. The third kappa shape index (κ3) is 4.25. The summed E-state index contributed by atoms with van der Waals surface area (Å²) in [6, 6.07) is 0.492. The van der Waals surface area contributed by atoms with E-state index < -0.39 is 0 Å². The smallest absolute Gasteiger partial charge is 0.226 e. The Labute approximate surface area is 111 Å². The quantitative estimate of drug-likeness (QED) is 0.805. The highest BCUT2D eigenvalue weighted by molar-refractivity contribution is 5.79. The summed E-state index contributed by atoms with van der Waals surface area (Å²) in [6.07, 6.45) is 4.04. The van der Waals surface area contributed by atoms with Gasteiger partial charge in [0.25, 0.3) is 0 Å². The van der Waals surface area contributed by atoms with E-state index in [2.05, 4.69) is 18.7 Å². The lowest BCUT2D eigenvalue weighted by molar-refractivity contribution is -0.138. The van der Waals surface area contributed by atoms with Gasteiger partial charge >= 0.3 is 0 Å². The van der Waals surface area contributed by atoms with Crippen LogP contribution in [0.5, 0.6) is 0 Å². The molecule has 0 aromatic carbocycles. The minimum Gasteiger partial charge on any atom is -0.339 e. The molecule has 1 amide bonds. The average molecular weight is 255 g/mol. The zero-order valence-corrected chi connectivity index (χ0v) is 12.4.